The summed E-state index contributed by atoms with van der Waals surface area (Å²) in [5.41, 5.74) is 6.64. The first-order valence-corrected chi connectivity index (χ1v) is 4.35. The van der Waals surface area contributed by atoms with E-state index in [-0.39, 0.29) is 12.2 Å². The van der Waals surface area contributed by atoms with Crippen molar-refractivity contribution in [2.24, 2.45) is 0 Å². The van der Waals surface area contributed by atoms with E-state index in [0.29, 0.717) is 17.7 Å². The number of benzene rings is 1. The summed E-state index contributed by atoms with van der Waals surface area (Å²) in [4.78, 5) is 0. The maximum Gasteiger partial charge on any atom is 0.119 e. The molecule has 1 rings (SSSR count). The standard InChI is InChI=1S/C10H14FNO/c1-2-8(11)5-7-6-9(12)3-4-10(7)13/h3-4,6,8,13H,2,5,12H2,1H3. The van der Waals surface area contributed by atoms with E-state index in [2.05, 4.69) is 0 Å². The number of nitrogen functional groups attached to an aromatic ring is 1. The van der Waals surface area contributed by atoms with E-state index in [1.54, 1.807) is 19.1 Å². The first kappa shape index (κ1) is 9.84. The molecule has 1 unspecified atom stereocenters. The Labute approximate surface area is 77.2 Å². The van der Waals surface area contributed by atoms with E-state index in [1.165, 1.54) is 6.07 Å². The minimum absolute atomic E-state index is 0.116. The summed E-state index contributed by atoms with van der Waals surface area (Å²) in [6.07, 6.45) is -0.227. The number of halogens is 1. The molecule has 1 aromatic carbocycles. The summed E-state index contributed by atoms with van der Waals surface area (Å²) in [6.45, 7) is 1.77. The van der Waals surface area contributed by atoms with Crippen LogP contribution in [0.1, 0.15) is 18.9 Å². The van der Waals surface area contributed by atoms with Gasteiger partial charge in [0.1, 0.15) is 11.9 Å². The summed E-state index contributed by atoms with van der Waals surface area (Å²) in [7, 11) is 0. The third-order valence-corrected chi connectivity index (χ3v) is 1.99. The Hall–Kier alpha value is -1.25. The molecule has 0 heterocycles. The third kappa shape index (κ3) is 2.61. The summed E-state index contributed by atoms with van der Waals surface area (Å²) in [6, 6.07) is 4.70. The van der Waals surface area contributed by atoms with Gasteiger partial charge in [0.15, 0.2) is 0 Å². The summed E-state index contributed by atoms with van der Waals surface area (Å²) >= 11 is 0. The van der Waals surface area contributed by atoms with Gasteiger partial charge in [-0.05, 0) is 30.2 Å². The lowest BCUT2D eigenvalue weighted by Gasteiger charge is -2.07. The molecule has 0 amide bonds. The molecule has 0 spiro atoms. The van der Waals surface area contributed by atoms with Gasteiger partial charge in [0.2, 0.25) is 0 Å². The molecule has 0 bridgehead atoms. The Kier molecular flexibility index (Phi) is 3.12. The lowest BCUT2D eigenvalue weighted by molar-refractivity contribution is 0.319. The zero-order chi connectivity index (χ0) is 9.84. The van der Waals surface area contributed by atoms with Crippen molar-refractivity contribution >= 4 is 5.69 Å². The van der Waals surface area contributed by atoms with E-state index < -0.39 is 6.17 Å². The first-order valence-electron chi connectivity index (χ1n) is 4.35. The number of phenolic OH excluding ortho intramolecular Hbond substituents is 1. The molecule has 13 heavy (non-hydrogen) atoms. The fourth-order valence-electron chi connectivity index (χ4n) is 1.15. The van der Waals surface area contributed by atoms with E-state index >= 15 is 0 Å². The van der Waals surface area contributed by atoms with E-state index in [0.717, 1.165) is 0 Å². The normalized spacial score (nSPS) is 12.8. The van der Waals surface area contributed by atoms with Gasteiger partial charge in [-0.3, -0.25) is 0 Å². The minimum atomic E-state index is -0.910. The molecule has 0 radical (unpaired) electrons. The van der Waals surface area contributed by atoms with Crippen molar-refractivity contribution < 1.29 is 9.50 Å². The first-order chi connectivity index (χ1) is 6.13. The number of aromatic hydroxyl groups is 1. The minimum Gasteiger partial charge on any atom is -0.508 e. The van der Waals surface area contributed by atoms with Gasteiger partial charge in [-0.25, -0.2) is 4.39 Å². The van der Waals surface area contributed by atoms with Gasteiger partial charge < -0.3 is 10.8 Å². The molecule has 72 valence electrons. The molecule has 0 saturated carbocycles. The van der Waals surface area contributed by atoms with Crippen LogP contribution in [0.15, 0.2) is 18.2 Å². The van der Waals surface area contributed by atoms with Crippen LogP contribution in [0.25, 0.3) is 0 Å². The highest BCUT2D eigenvalue weighted by molar-refractivity contribution is 5.47. The number of rotatable bonds is 3. The predicted molar refractivity (Wildman–Crippen MR) is 51.4 cm³/mol. The van der Waals surface area contributed by atoms with Crippen LogP contribution in [-0.4, -0.2) is 11.3 Å². The van der Waals surface area contributed by atoms with Crippen molar-refractivity contribution in [3.63, 3.8) is 0 Å². The van der Waals surface area contributed by atoms with Crippen molar-refractivity contribution in [1.82, 2.24) is 0 Å². The van der Waals surface area contributed by atoms with Crippen LogP contribution >= 0.6 is 0 Å². The Balaban J connectivity index is 2.81. The average Bonchev–Trinajstić information content (AvgIpc) is 2.11. The second kappa shape index (κ2) is 4.12. The fourth-order valence-corrected chi connectivity index (χ4v) is 1.15. The molecule has 3 N–H and O–H groups in total. The predicted octanol–water partition coefficient (Wildman–Crippen LogP) is 2.27. The molecule has 0 aliphatic heterocycles. The van der Waals surface area contributed by atoms with Crippen molar-refractivity contribution in [3.8, 4) is 5.75 Å². The Morgan fingerprint density at radius 3 is 2.85 bits per heavy atom. The summed E-state index contributed by atoms with van der Waals surface area (Å²) in [5, 5.41) is 9.36. The number of alkyl halides is 1. The summed E-state index contributed by atoms with van der Waals surface area (Å²) in [5.74, 6) is 0.116. The number of hydrogen-bond donors (Lipinski definition) is 2. The van der Waals surface area contributed by atoms with E-state index in [9.17, 15) is 9.50 Å². The van der Waals surface area contributed by atoms with Crippen LogP contribution in [0.2, 0.25) is 0 Å². The molecule has 1 aromatic rings. The Bertz CT molecular complexity index is 288. The Morgan fingerprint density at radius 2 is 2.23 bits per heavy atom. The largest absolute Gasteiger partial charge is 0.508 e. The smallest absolute Gasteiger partial charge is 0.119 e. The van der Waals surface area contributed by atoms with Gasteiger partial charge in [0.25, 0.3) is 0 Å². The van der Waals surface area contributed by atoms with Crippen molar-refractivity contribution in [3.05, 3.63) is 23.8 Å². The van der Waals surface area contributed by atoms with Gasteiger partial charge >= 0.3 is 0 Å². The molecule has 0 saturated heterocycles. The molecule has 1 atom stereocenters. The number of anilines is 1. The molecule has 0 aliphatic rings. The van der Waals surface area contributed by atoms with Gasteiger partial charge in [0, 0.05) is 12.1 Å². The molecule has 3 heteroatoms. The van der Waals surface area contributed by atoms with Crippen LogP contribution in [0, 0.1) is 0 Å². The van der Waals surface area contributed by atoms with Crippen LogP contribution in [0.3, 0.4) is 0 Å². The number of hydrogen-bond acceptors (Lipinski definition) is 2. The zero-order valence-corrected chi connectivity index (χ0v) is 7.63. The van der Waals surface area contributed by atoms with Gasteiger partial charge in [-0.15, -0.1) is 0 Å². The molecular weight excluding hydrogens is 169 g/mol. The van der Waals surface area contributed by atoms with Gasteiger partial charge in [-0.1, -0.05) is 6.92 Å². The second-order valence-electron chi connectivity index (χ2n) is 3.10. The highest BCUT2D eigenvalue weighted by atomic mass is 19.1. The van der Waals surface area contributed by atoms with Crippen LogP contribution in [0.5, 0.6) is 5.75 Å². The summed E-state index contributed by atoms with van der Waals surface area (Å²) < 4.78 is 13.0. The van der Waals surface area contributed by atoms with Crippen molar-refractivity contribution in [2.75, 3.05) is 5.73 Å². The number of phenols is 1. The van der Waals surface area contributed by atoms with Gasteiger partial charge in [0.05, 0.1) is 0 Å². The molecule has 2 nitrogen and oxygen atoms in total. The molecule has 0 fully saturated rings. The maximum absolute atomic E-state index is 13.0. The lowest BCUT2D eigenvalue weighted by atomic mass is 10.1. The fraction of sp³-hybridized carbons (Fsp3) is 0.400. The monoisotopic (exact) mass is 183 g/mol. The molecule has 0 aromatic heterocycles. The third-order valence-electron chi connectivity index (χ3n) is 1.99. The topological polar surface area (TPSA) is 46.2 Å². The number of nitrogens with two attached hydrogens (primary N) is 1. The van der Waals surface area contributed by atoms with E-state index in [4.69, 9.17) is 5.73 Å². The van der Waals surface area contributed by atoms with Crippen molar-refractivity contribution in [1.29, 1.82) is 0 Å². The van der Waals surface area contributed by atoms with Crippen LogP contribution in [-0.2, 0) is 6.42 Å². The molecule has 0 aliphatic carbocycles. The van der Waals surface area contributed by atoms with Gasteiger partial charge in [-0.2, -0.15) is 0 Å². The quantitative estimate of drug-likeness (QED) is 0.557. The SMILES string of the molecule is CCC(F)Cc1cc(N)ccc1O. The van der Waals surface area contributed by atoms with Crippen LogP contribution in [0.4, 0.5) is 10.1 Å². The van der Waals surface area contributed by atoms with E-state index in [1.807, 2.05) is 0 Å². The second-order valence-corrected chi connectivity index (χ2v) is 3.10. The van der Waals surface area contributed by atoms with Crippen molar-refractivity contribution in [2.45, 2.75) is 25.9 Å². The highest BCUT2D eigenvalue weighted by Gasteiger charge is 2.08. The molecular formula is C10H14FNO. The highest BCUT2D eigenvalue weighted by Crippen LogP contribution is 2.22. The maximum atomic E-state index is 13.0. The Morgan fingerprint density at radius 1 is 1.54 bits per heavy atom. The zero-order valence-electron chi connectivity index (χ0n) is 7.63. The average molecular weight is 183 g/mol. The lowest BCUT2D eigenvalue weighted by Crippen LogP contribution is -2.03. The van der Waals surface area contributed by atoms with Crippen LogP contribution < -0.4 is 5.73 Å².